The molecule has 0 saturated carbocycles. The summed E-state index contributed by atoms with van der Waals surface area (Å²) in [6.07, 6.45) is 0.0789. The third-order valence-corrected chi connectivity index (χ3v) is 4.21. The van der Waals surface area contributed by atoms with Gasteiger partial charge in [0.2, 0.25) is 0 Å². The van der Waals surface area contributed by atoms with Crippen LogP contribution in [0.4, 0.5) is 10.1 Å². The second-order valence-electron chi connectivity index (χ2n) is 5.93. The van der Waals surface area contributed by atoms with Crippen molar-refractivity contribution in [3.05, 3.63) is 63.7 Å². The second-order valence-corrected chi connectivity index (χ2v) is 6.34. The molecule has 7 nitrogen and oxygen atoms in total. The van der Waals surface area contributed by atoms with Gasteiger partial charge >= 0.3 is 0 Å². The van der Waals surface area contributed by atoms with Crippen molar-refractivity contribution in [1.82, 2.24) is 10.9 Å². The maximum absolute atomic E-state index is 15.0. The van der Waals surface area contributed by atoms with E-state index in [2.05, 4.69) is 20.7 Å². The number of carbonyl (C=O) groups excluding carboxylic acids is 1. The van der Waals surface area contributed by atoms with Crippen molar-refractivity contribution in [2.45, 2.75) is 19.4 Å². The van der Waals surface area contributed by atoms with Crippen molar-refractivity contribution >= 4 is 29.0 Å². The zero-order valence-corrected chi connectivity index (χ0v) is 15.3. The van der Waals surface area contributed by atoms with Crippen LogP contribution in [-0.2, 0) is 11.2 Å². The fourth-order valence-electron chi connectivity index (χ4n) is 2.53. The maximum atomic E-state index is 15.0. The van der Waals surface area contributed by atoms with E-state index in [1.807, 2.05) is 6.07 Å². The number of carbonyl (C=O) groups is 1. The van der Waals surface area contributed by atoms with Gasteiger partial charge in [-0.2, -0.15) is 5.26 Å². The van der Waals surface area contributed by atoms with E-state index in [0.717, 1.165) is 0 Å². The summed E-state index contributed by atoms with van der Waals surface area (Å²) >= 11 is 6.09. The molecular formula is C19H13ClFN5O2. The Morgan fingerprint density at radius 1 is 1.39 bits per heavy atom. The van der Waals surface area contributed by atoms with E-state index in [0.29, 0.717) is 5.84 Å². The normalized spacial score (nSPS) is 15.5. The molecule has 2 aromatic carbocycles. The molecule has 0 aromatic heterocycles. The Morgan fingerprint density at radius 2 is 2.18 bits per heavy atom. The molecule has 1 heterocycles. The molecule has 2 N–H and O–H groups in total. The fourth-order valence-corrected chi connectivity index (χ4v) is 2.71. The molecule has 140 valence electrons. The predicted octanol–water partition coefficient (Wildman–Crippen LogP) is 3.66. The lowest BCUT2D eigenvalue weighted by Crippen LogP contribution is -2.50. The largest absolute Gasteiger partial charge is 0.454 e. The number of hydrogen-bond acceptors (Lipinski definition) is 5. The molecule has 0 saturated heterocycles. The van der Waals surface area contributed by atoms with Gasteiger partial charge in [-0.25, -0.2) is 9.24 Å². The van der Waals surface area contributed by atoms with Gasteiger partial charge in [0.1, 0.15) is 17.6 Å². The molecule has 0 bridgehead atoms. The van der Waals surface area contributed by atoms with Crippen molar-refractivity contribution in [2.75, 3.05) is 0 Å². The molecule has 0 fully saturated rings. The van der Waals surface area contributed by atoms with Gasteiger partial charge in [-0.05, 0) is 36.8 Å². The molecule has 1 atom stereocenters. The smallest absolute Gasteiger partial charge is 0.262 e. The molecule has 2 aromatic rings. The summed E-state index contributed by atoms with van der Waals surface area (Å²) in [5, 5.41) is 9.10. The minimum atomic E-state index is -0.701. The molecule has 1 amide bonds. The van der Waals surface area contributed by atoms with Crippen LogP contribution in [0.5, 0.6) is 11.5 Å². The molecule has 0 radical (unpaired) electrons. The summed E-state index contributed by atoms with van der Waals surface area (Å²) < 4.78 is 20.6. The van der Waals surface area contributed by atoms with E-state index in [1.165, 1.54) is 30.3 Å². The van der Waals surface area contributed by atoms with Crippen molar-refractivity contribution < 1.29 is 13.9 Å². The number of hydrogen-bond donors (Lipinski definition) is 2. The number of benzene rings is 2. The predicted molar refractivity (Wildman–Crippen MR) is 101 cm³/mol. The standard InChI is InChI=1S/C19H13ClFN5O2/c1-10-19(27)26-25-16(24-10)7-12-3-4-15(20)18(17(12)21)28-14-6-11(9-22)5-13(8-14)23-2/h3-6,8,10H,7H2,1H3,(H,24,25)(H,26,27)/t10-/m1/s1. The van der Waals surface area contributed by atoms with Gasteiger partial charge in [0, 0.05) is 12.0 Å². The van der Waals surface area contributed by atoms with Gasteiger partial charge in [-0.3, -0.25) is 20.6 Å². The van der Waals surface area contributed by atoms with Crippen molar-refractivity contribution in [1.29, 1.82) is 5.26 Å². The van der Waals surface area contributed by atoms with Gasteiger partial charge < -0.3 is 4.74 Å². The number of nitrogens with zero attached hydrogens (tertiary/aromatic N) is 3. The van der Waals surface area contributed by atoms with Crippen LogP contribution in [0.15, 0.2) is 35.3 Å². The maximum Gasteiger partial charge on any atom is 0.262 e. The Balaban J connectivity index is 1.92. The highest BCUT2D eigenvalue weighted by Crippen LogP contribution is 2.35. The Labute approximate surface area is 165 Å². The quantitative estimate of drug-likeness (QED) is 0.770. The van der Waals surface area contributed by atoms with Crippen LogP contribution in [0.1, 0.15) is 18.1 Å². The van der Waals surface area contributed by atoms with Gasteiger partial charge in [0.15, 0.2) is 17.3 Å². The van der Waals surface area contributed by atoms with Gasteiger partial charge in [0.05, 0.1) is 17.7 Å². The first-order valence-corrected chi connectivity index (χ1v) is 8.49. The number of nitrogens with one attached hydrogen (secondary N) is 2. The molecule has 28 heavy (non-hydrogen) atoms. The van der Waals surface area contributed by atoms with E-state index in [-0.39, 0.29) is 45.7 Å². The molecule has 1 aliphatic rings. The lowest BCUT2D eigenvalue weighted by atomic mass is 10.1. The summed E-state index contributed by atoms with van der Waals surface area (Å²) in [4.78, 5) is 18.9. The molecular weight excluding hydrogens is 385 g/mol. The van der Waals surface area contributed by atoms with E-state index in [1.54, 1.807) is 6.92 Å². The molecule has 0 unspecified atom stereocenters. The molecule has 0 aliphatic carbocycles. The zero-order chi connectivity index (χ0) is 20.3. The Bertz CT molecular complexity index is 1040. The number of ether oxygens (including phenoxy) is 1. The van der Waals surface area contributed by atoms with Crippen LogP contribution in [0, 0.1) is 23.7 Å². The van der Waals surface area contributed by atoms with Crippen molar-refractivity contribution in [3.8, 4) is 17.6 Å². The minimum Gasteiger partial charge on any atom is -0.454 e. The average molecular weight is 398 g/mol. The van der Waals surface area contributed by atoms with E-state index >= 15 is 4.39 Å². The zero-order valence-electron chi connectivity index (χ0n) is 14.6. The summed E-state index contributed by atoms with van der Waals surface area (Å²) in [6, 6.07) is 8.49. The number of amides is 1. The highest BCUT2D eigenvalue weighted by atomic mass is 35.5. The lowest BCUT2D eigenvalue weighted by Gasteiger charge is -2.20. The van der Waals surface area contributed by atoms with Crippen LogP contribution in [-0.4, -0.2) is 17.8 Å². The van der Waals surface area contributed by atoms with E-state index in [4.69, 9.17) is 28.2 Å². The third kappa shape index (κ3) is 4.03. The number of halogens is 2. The lowest BCUT2D eigenvalue weighted by molar-refractivity contribution is -0.122. The highest BCUT2D eigenvalue weighted by Gasteiger charge is 2.21. The number of amidine groups is 1. The summed E-state index contributed by atoms with van der Waals surface area (Å²) in [5.41, 5.74) is 5.73. The SMILES string of the molecule is [C-]#[N+]c1cc(C#N)cc(Oc2c(Cl)ccc(CC3=N[C@H](C)C(=O)NN3)c2F)c1. The first kappa shape index (κ1) is 19.2. The third-order valence-electron chi connectivity index (χ3n) is 3.92. The number of aliphatic imine (C=N–C) groups is 1. The van der Waals surface area contributed by atoms with Crippen molar-refractivity contribution in [2.24, 2.45) is 4.99 Å². The van der Waals surface area contributed by atoms with E-state index < -0.39 is 11.9 Å². The molecule has 1 aliphatic heterocycles. The van der Waals surface area contributed by atoms with Gasteiger partial charge in [-0.1, -0.05) is 17.7 Å². The minimum absolute atomic E-state index is 0.0354. The van der Waals surface area contributed by atoms with Gasteiger partial charge in [-0.15, -0.1) is 0 Å². The summed E-state index contributed by atoms with van der Waals surface area (Å²) in [6.45, 7) is 8.72. The van der Waals surface area contributed by atoms with E-state index in [9.17, 15) is 4.79 Å². The average Bonchev–Trinajstić information content (AvgIpc) is 2.69. The van der Waals surface area contributed by atoms with Crippen LogP contribution in [0.2, 0.25) is 5.02 Å². The molecule has 3 rings (SSSR count). The fraction of sp³-hybridized carbons (Fsp3) is 0.158. The Kier molecular flexibility index (Phi) is 5.44. The van der Waals surface area contributed by atoms with Crippen LogP contribution in [0.25, 0.3) is 4.85 Å². The topological polar surface area (TPSA) is 90.9 Å². The first-order chi connectivity index (χ1) is 13.4. The molecule has 9 heteroatoms. The van der Waals surface area contributed by atoms with Crippen molar-refractivity contribution in [3.63, 3.8) is 0 Å². The van der Waals surface area contributed by atoms with Crippen LogP contribution >= 0.6 is 11.6 Å². The Hall–Kier alpha value is -3.62. The second kappa shape index (κ2) is 7.95. The monoisotopic (exact) mass is 397 g/mol. The molecule has 0 spiro atoms. The first-order valence-electron chi connectivity index (χ1n) is 8.11. The summed E-state index contributed by atoms with van der Waals surface area (Å²) in [7, 11) is 0. The number of nitriles is 1. The number of hydrazine groups is 1. The highest BCUT2D eigenvalue weighted by molar-refractivity contribution is 6.32. The van der Waals surface area contributed by atoms with Crippen LogP contribution in [0.3, 0.4) is 0 Å². The number of rotatable bonds is 4. The summed E-state index contributed by atoms with van der Waals surface area (Å²) in [5.74, 6) is -0.692. The Morgan fingerprint density at radius 3 is 2.86 bits per heavy atom. The van der Waals surface area contributed by atoms with Gasteiger partial charge in [0.25, 0.3) is 5.91 Å². The van der Waals surface area contributed by atoms with Crippen LogP contribution < -0.4 is 15.6 Å².